The first kappa shape index (κ1) is 11.3. The number of hydrogen-bond acceptors (Lipinski definition) is 2. The Kier molecular flexibility index (Phi) is 3.61. The summed E-state index contributed by atoms with van der Waals surface area (Å²) in [5.41, 5.74) is -0.317. The van der Waals surface area contributed by atoms with Gasteiger partial charge in [0.05, 0.1) is 5.60 Å². The topological polar surface area (TPSA) is 32.3 Å². The molecule has 1 aliphatic carbocycles. The van der Waals surface area contributed by atoms with Crippen LogP contribution < -0.4 is 17.7 Å². The van der Waals surface area contributed by atoms with Gasteiger partial charge in [0.2, 0.25) is 0 Å². The number of fused-ring (bicyclic) bond motifs is 1. The maximum Gasteiger partial charge on any atom is 0.0702 e. The molecule has 1 heterocycles. The van der Waals surface area contributed by atoms with Gasteiger partial charge in [0.1, 0.15) is 0 Å². The third kappa shape index (κ3) is 2.00. The minimum atomic E-state index is -0.317. The van der Waals surface area contributed by atoms with Gasteiger partial charge in [-0.25, -0.2) is 0 Å². The largest absolute Gasteiger partial charge is 1.00 e. The van der Waals surface area contributed by atoms with E-state index in [-0.39, 0.29) is 18.0 Å². The lowest BCUT2D eigenvalue weighted by molar-refractivity contribution is -0.0823. The predicted molar refractivity (Wildman–Crippen MR) is 49.0 cm³/mol. The molecule has 1 aliphatic heterocycles. The van der Waals surface area contributed by atoms with Crippen molar-refractivity contribution in [2.45, 2.75) is 50.7 Å². The number of halogens is 1. The zero-order valence-electron chi connectivity index (χ0n) is 8.22. The molecule has 3 heteroatoms. The third-order valence-electron chi connectivity index (χ3n) is 3.69. The van der Waals surface area contributed by atoms with Gasteiger partial charge >= 0.3 is 0 Å². The van der Waals surface area contributed by atoms with Crippen LogP contribution in [0.1, 0.15) is 39.0 Å². The molecular formula is C10H19ClNO-. The fourth-order valence-electron chi connectivity index (χ4n) is 2.93. The van der Waals surface area contributed by atoms with Gasteiger partial charge < -0.3 is 22.8 Å². The predicted octanol–water partition coefficient (Wildman–Crippen LogP) is -1.71. The minimum Gasteiger partial charge on any atom is -1.00 e. The van der Waals surface area contributed by atoms with Crippen molar-refractivity contribution in [2.24, 2.45) is 5.92 Å². The number of aliphatic hydroxyl groups is 1. The van der Waals surface area contributed by atoms with Gasteiger partial charge in [0.15, 0.2) is 0 Å². The molecule has 0 radical (unpaired) electrons. The molecule has 1 saturated carbocycles. The van der Waals surface area contributed by atoms with Crippen LogP contribution in [0.4, 0.5) is 0 Å². The minimum absolute atomic E-state index is 0. The summed E-state index contributed by atoms with van der Waals surface area (Å²) < 4.78 is 0. The Morgan fingerprint density at radius 3 is 2.77 bits per heavy atom. The van der Waals surface area contributed by atoms with Crippen molar-refractivity contribution in [1.29, 1.82) is 0 Å². The van der Waals surface area contributed by atoms with Crippen molar-refractivity contribution < 1.29 is 17.5 Å². The number of hydrogen-bond donors (Lipinski definition) is 2. The quantitative estimate of drug-likeness (QED) is 0.493. The van der Waals surface area contributed by atoms with Crippen LogP contribution in [-0.2, 0) is 0 Å². The van der Waals surface area contributed by atoms with Crippen molar-refractivity contribution >= 4 is 0 Å². The van der Waals surface area contributed by atoms with E-state index in [0.717, 1.165) is 19.4 Å². The zero-order chi connectivity index (χ0) is 8.60. The molecule has 2 nitrogen and oxygen atoms in total. The smallest absolute Gasteiger partial charge is 0.0702 e. The lowest BCUT2D eigenvalue weighted by Gasteiger charge is -2.47. The lowest BCUT2D eigenvalue weighted by Crippen LogP contribution is -3.00. The summed E-state index contributed by atoms with van der Waals surface area (Å²) in [5.74, 6) is 0.514. The molecule has 0 bridgehead atoms. The SMILES string of the molecule is CC1NCC[C@@]2(O)CCCC[C@@H]12.[Cl-]. The van der Waals surface area contributed by atoms with Gasteiger partial charge in [-0.2, -0.15) is 0 Å². The van der Waals surface area contributed by atoms with Gasteiger partial charge in [-0.1, -0.05) is 12.8 Å². The summed E-state index contributed by atoms with van der Waals surface area (Å²) in [6.45, 7) is 3.20. The van der Waals surface area contributed by atoms with E-state index in [2.05, 4.69) is 12.2 Å². The third-order valence-corrected chi connectivity index (χ3v) is 3.69. The zero-order valence-corrected chi connectivity index (χ0v) is 8.98. The Labute approximate surface area is 86.5 Å². The Morgan fingerprint density at radius 1 is 1.31 bits per heavy atom. The highest BCUT2D eigenvalue weighted by atomic mass is 35.5. The molecule has 0 aromatic carbocycles. The normalized spacial score (nSPS) is 44.8. The van der Waals surface area contributed by atoms with Crippen LogP contribution in [0, 0.1) is 5.92 Å². The van der Waals surface area contributed by atoms with Crippen LogP contribution in [0.2, 0.25) is 0 Å². The van der Waals surface area contributed by atoms with Gasteiger partial charge in [-0.05, 0) is 32.7 Å². The summed E-state index contributed by atoms with van der Waals surface area (Å²) in [7, 11) is 0. The molecule has 2 aliphatic rings. The summed E-state index contributed by atoms with van der Waals surface area (Å²) in [4.78, 5) is 0. The average molecular weight is 205 g/mol. The molecule has 0 amide bonds. The van der Waals surface area contributed by atoms with E-state index in [4.69, 9.17) is 0 Å². The maximum absolute atomic E-state index is 10.3. The van der Waals surface area contributed by atoms with Gasteiger partial charge in [0.25, 0.3) is 0 Å². The molecule has 2 rings (SSSR count). The highest BCUT2D eigenvalue weighted by molar-refractivity contribution is 4.98. The molecule has 3 atom stereocenters. The van der Waals surface area contributed by atoms with Crippen LogP contribution in [0.3, 0.4) is 0 Å². The van der Waals surface area contributed by atoms with Gasteiger partial charge in [0, 0.05) is 12.0 Å². The Balaban J connectivity index is 0.000000845. The monoisotopic (exact) mass is 204 g/mol. The molecule has 0 spiro atoms. The highest BCUT2D eigenvalue weighted by Crippen LogP contribution is 2.40. The standard InChI is InChI=1S/C10H19NO.ClH/c1-8-9-4-2-3-5-10(9,12)6-7-11-8;/h8-9,11-12H,2-7H2,1H3;1H/p-1/t8?,9-,10-;/m0./s1. The van der Waals surface area contributed by atoms with E-state index >= 15 is 0 Å². The second kappa shape index (κ2) is 4.16. The van der Waals surface area contributed by atoms with Crippen LogP contribution in [0.5, 0.6) is 0 Å². The van der Waals surface area contributed by atoms with Crippen molar-refractivity contribution in [2.75, 3.05) is 6.54 Å². The number of nitrogens with one attached hydrogen (secondary N) is 1. The second-order valence-electron chi connectivity index (χ2n) is 4.45. The van der Waals surface area contributed by atoms with E-state index in [1.807, 2.05) is 0 Å². The van der Waals surface area contributed by atoms with Gasteiger partial charge in [-0.3, -0.25) is 0 Å². The van der Waals surface area contributed by atoms with Crippen LogP contribution in [0.25, 0.3) is 0 Å². The molecule has 78 valence electrons. The molecular weight excluding hydrogens is 186 g/mol. The van der Waals surface area contributed by atoms with E-state index in [1.165, 1.54) is 19.3 Å². The number of rotatable bonds is 0. The first-order valence-electron chi connectivity index (χ1n) is 5.18. The average Bonchev–Trinajstić information content (AvgIpc) is 2.04. The Bertz CT molecular complexity index is 172. The number of piperidine rings is 1. The van der Waals surface area contributed by atoms with Crippen molar-refractivity contribution in [1.82, 2.24) is 5.32 Å². The summed E-state index contributed by atoms with van der Waals surface area (Å²) in [6, 6.07) is 0.518. The lowest BCUT2D eigenvalue weighted by atomic mass is 9.68. The fraction of sp³-hybridized carbons (Fsp3) is 1.00. The molecule has 2 N–H and O–H groups in total. The molecule has 1 unspecified atom stereocenters. The molecule has 2 fully saturated rings. The molecule has 0 aromatic heterocycles. The Hall–Kier alpha value is 0.210. The first-order chi connectivity index (χ1) is 5.72. The van der Waals surface area contributed by atoms with Crippen LogP contribution in [0.15, 0.2) is 0 Å². The second-order valence-corrected chi connectivity index (χ2v) is 4.45. The summed E-state index contributed by atoms with van der Waals surface area (Å²) in [6.07, 6.45) is 5.73. The molecule has 1 saturated heterocycles. The first-order valence-corrected chi connectivity index (χ1v) is 5.18. The van der Waals surface area contributed by atoms with Gasteiger partial charge in [-0.15, -0.1) is 0 Å². The van der Waals surface area contributed by atoms with E-state index in [1.54, 1.807) is 0 Å². The van der Waals surface area contributed by atoms with E-state index < -0.39 is 0 Å². The van der Waals surface area contributed by atoms with Crippen LogP contribution >= 0.6 is 0 Å². The fourth-order valence-corrected chi connectivity index (χ4v) is 2.93. The van der Waals surface area contributed by atoms with Crippen molar-refractivity contribution in [3.8, 4) is 0 Å². The Morgan fingerprint density at radius 2 is 2.08 bits per heavy atom. The van der Waals surface area contributed by atoms with E-state index in [0.29, 0.717) is 12.0 Å². The maximum atomic E-state index is 10.3. The molecule has 0 aromatic rings. The van der Waals surface area contributed by atoms with Crippen molar-refractivity contribution in [3.63, 3.8) is 0 Å². The summed E-state index contributed by atoms with van der Waals surface area (Å²) in [5, 5.41) is 13.8. The van der Waals surface area contributed by atoms with Crippen LogP contribution in [-0.4, -0.2) is 23.3 Å². The van der Waals surface area contributed by atoms with Crippen molar-refractivity contribution in [3.05, 3.63) is 0 Å². The molecule has 13 heavy (non-hydrogen) atoms. The highest BCUT2D eigenvalue weighted by Gasteiger charge is 2.43. The summed E-state index contributed by atoms with van der Waals surface area (Å²) >= 11 is 0. The van der Waals surface area contributed by atoms with E-state index in [9.17, 15) is 5.11 Å².